The number of phenols is 2. The zero-order chi connectivity index (χ0) is 23.3. The maximum absolute atomic E-state index is 11.7. The molecule has 0 heterocycles. The average molecular weight is 440 g/mol. The number of esters is 1. The molecule has 0 atom stereocenters. The molecule has 4 N–H and O–H groups in total. The number of aliphatic hydroxyl groups is 1. The molecule has 2 aromatic carbocycles. The Morgan fingerprint density at radius 1 is 0.933 bits per heavy atom. The van der Waals surface area contributed by atoms with Crippen molar-refractivity contribution in [2.75, 3.05) is 13.2 Å². The summed E-state index contributed by atoms with van der Waals surface area (Å²) in [6.07, 6.45) is -7.09. The molecule has 0 aliphatic carbocycles. The highest BCUT2D eigenvalue weighted by molar-refractivity contribution is 5.89. The largest absolute Gasteiger partial charge is 0.508 e. The Morgan fingerprint density at radius 3 is 1.70 bits per heavy atom. The van der Waals surface area contributed by atoms with Gasteiger partial charge in [0.1, 0.15) is 18.1 Å². The number of benzene rings is 2. The van der Waals surface area contributed by atoms with E-state index in [1.165, 1.54) is 42.5 Å². The molecule has 2 aromatic rings. The lowest BCUT2D eigenvalue weighted by molar-refractivity contribution is -0.159. The quantitative estimate of drug-likeness (QED) is 0.424. The highest BCUT2D eigenvalue weighted by Gasteiger charge is 2.24. The summed E-state index contributed by atoms with van der Waals surface area (Å²) < 4.78 is 59.2. The van der Waals surface area contributed by atoms with Gasteiger partial charge in [-0.15, -0.1) is 0 Å². The van der Waals surface area contributed by atoms with Crippen molar-refractivity contribution >= 4 is 11.9 Å². The molecule has 0 spiro atoms. The Bertz CT molecular complexity index is 810. The van der Waals surface area contributed by atoms with Crippen LogP contribution in [0.3, 0.4) is 0 Å². The lowest BCUT2D eigenvalue weighted by atomic mass is 10.2. The van der Waals surface area contributed by atoms with Gasteiger partial charge in [0.2, 0.25) is 0 Å². The van der Waals surface area contributed by atoms with Crippen LogP contribution in [0.25, 0.3) is 0 Å². The Morgan fingerprint density at radius 2 is 1.37 bits per heavy atom. The van der Waals surface area contributed by atoms with E-state index in [0.29, 0.717) is 0 Å². The first kappa shape index (κ1) is 26.6. The first-order chi connectivity index (χ1) is 13.9. The summed E-state index contributed by atoms with van der Waals surface area (Å²) in [5.41, 5.74) is 0.144. The molecule has 30 heavy (non-hydrogen) atoms. The Balaban J connectivity index is 0.000000459. The number of phenolic OH excluding ortho intramolecular Hbond substituents is 2. The van der Waals surface area contributed by atoms with Crippen molar-refractivity contribution in [2.24, 2.45) is 0 Å². The minimum atomic E-state index is -4.40. The molecule has 0 saturated heterocycles. The number of carbonyl (C=O) groups excluding carboxylic acids is 1. The molecule has 12 heteroatoms. The number of ether oxygens (including phenoxy) is 1. The van der Waals surface area contributed by atoms with Crippen LogP contribution in [0.1, 0.15) is 20.7 Å². The van der Waals surface area contributed by atoms with Crippen LogP contribution in [0.2, 0.25) is 0 Å². The molecular formula is C18H17F5O7. The summed E-state index contributed by atoms with van der Waals surface area (Å²) in [6, 6.07) is 10.8. The standard InChI is InChI=1S/C9H8F2O3.C7H6O3.C2H3F3O/c10-8(11)5-14-9(13)6-2-1-3-7(12)4-6;8-6-3-1-2-5(4-6)7(9)10;3-2(4,5)1-6/h1-4,8,12H,5H2;1-4,8H,(H,9,10);6H,1H2. The van der Waals surface area contributed by atoms with E-state index in [0.717, 1.165) is 6.07 Å². The average Bonchev–Trinajstić information content (AvgIpc) is 2.66. The number of alkyl halides is 5. The van der Waals surface area contributed by atoms with Crippen molar-refractivity contribution in [1.82, 2.24) is 0 Å². The van der Waals surface area contributed by atoms with Crippen molar-refractivity contribution in [3.05, 3.63) is 59.7 Å². The van der Waals surface area contributed by atoms with E-state index >= 15 is 0 Å². The van der Waals surface area contributed by atoms with Crippen LogP contribution in [0, 0.1) is 0 Å². The van der Waals surface area contributed by atoms with Gasteiger partial charge in [-0.25, -0.2) is 18.4 Å². The van der Waals surface area contributed by atoms with Crippen LogP contribution in [0.5, 0.6) is 11.5 Å². The van der Waals surface area contributed by atoms with Gasteiger partial charge in [0.15, 0.2) is 6.61 Å². The van der Waals surface area contributed by atoms with Crippen molar-refractivity contribution in [3.8, 4) is 11.5 Å². The molecule has 0 unspecified atom stereocenters. The summed E-state index contributed by atoms with van der Waals surface area (Å²) in [7, 11) is 0. The van der Waals surface area contributed by atoms with E-state index in [-0.39, 0.29) is 22.6 Å². The maximum Gasteiger partial charge on any atom is 0.411 e. The molecule has 0 bridgehead atoms. The summed E-state index contributed by atoms with van der Waals surface area (Å²) in [4.78, 5) is 21.3. The van der Waals surface area contributed by atoms with Crippen LogP contribution in [-0.4, -0.2) is 58.2 Å². The lowest BCUT2D eigenvalue weighted by Gasteiger charge is -2.03. The number of aliphatic hydroxyl groups excluding tert-OH is 1. The summed E-state index contributed by atoms with van der Waals surface area (Å²) in [5.74, 6) is -2.05. The zero-order valence-electron chi connectivity index (χ0n) is 15.0. The SMILES string of the molecule is O=C(O)c1cccc(O)c1.O=C(OCC(F)F)c1cccc(O)c1.OCC(F)(F)F. The van der Waals surface area contributed by atoms with Crippen molar-refractivity contribution in [1.29, 1.82) is 0 Å². The van der Waals surface area contributed by atoms with Crippen LogP contribution >= 0.6 is 0 Å². The molecule has 0 aromatic heterocycles. The van der Waals surface area contributed by atoms with E-state index < -0.39 is 37.8 Å². The number of carboxylic acid groups (broad SMARTS) is 1. The van der Waals surface area contributed by atoms with Crippen LogP contribution in [-0.2, 0) is 4.74 Å². The second-order valence-electron chi connectivity index (χ2n) is 5.17. The molecule has 0 radical (unpaired) electrons. The second kappa shape index (κ2) is 12.9. The van der Waals surface area contributed by atoms with E-state index in [1.54, 1.807) is 0 Å². The fourth-order valence-corrected chi connectivity index (χ4v) is 1.49. The van der Waals surface area contributed by atoms with Gasteiger partial charge in [-0.2, -0.15) is 13.2 Å². The monoisotopic (exact) mass is 440 g/mol. The molecule has 7 nitrogen and oxygen atoms in total. The van der Waals surface area contributed by atoms with Gasteiger partial charge < -0.3 is 25.2 Å². The minimum Gasteiger partial charge on any atom is -0.508 e. The second-order valence-corrected chi connectivity index (χ2v) is 5.17. The Kier molecular flexibility index (Phi) is 11.5. The third-order valence-corrected chi connectivity index (χ3v) is 2.69. The zero-order valence-corrected chi connectivity index (χ0v) is 15.0. The third-order valence-electron chi connectivity index (χ3n) is 2.69. The fourth-order valence-electron chi connectivity index (χ4n) is 1.49. The van der Waals surface area contributed by atoms with Gasteiger partial charge in [0, 0.05) is 0 Å². The fraction of sp³-hybridized carbons (Fsp3) is 0.222. The number of halogens is 5. The molecule has 0 fully saturated rings. The molecule has 0 amide bonds. The van der Waals surface area contributed by atoms with Gasteiger partial charge in [-0.05, 0) is 36.4 Å². The van der Waals surface area contributed by atoms with Crippen LogP contribution in [0.4, 0.5) is 22.0 Å². The van der Waals surface area contributed by atoms with Gasteiger partial charge in [0.25, 0.3) is 6.43 Å². The van der Waals surface area contributed by atoms with E-state index in [2.05, 4.69) is 4.74 Å². The Hall–Kier alpha value is -3.41. The van der Waals surface area contributed by atoms with Crippen LogP contribution < -0.4 is 0 Å². The predicted molar refractivity (Wildman–Crippen MR) is 92.6 cm³/mol. The summed E-state index contributed by atoms with van der Waals surface area (Å²) in [6.45, 7) is -2.67. The summed E-state index contributed by atoms with van der Waals surface area (Å²) >= 11 is 0. The molecule has 166 valence electrons. The molecule has 0 aliphatic heterocycles. The lowest BCUT2D eigenvalue weighted by Crippen LogP contribution is -2.12. The number of rotatable bonds is 4. The molecular weight excluding hydrogens is 423 g/mol. The van der Waals surface area contributed by atoms with Crippen molar-refractivity contribution < 1.29 is 56.7 Å². The van der Waals surface area contributed by atoms with Gasteiger partial charge in [-0.1, -0.05) is 12.1 Å². The number of aromatic hydroxyl groups is 2. The minimum absolute atomic E-state index is 0.0279. The third kappa shape index (κ3) is 12.9. The number of carbonyl (C=O) groups is 2. The van der Waals surface area contributed by atoms with Crippen molar-refractivity contribution in [2.45, 2.75) is 12.6 Å². The highest BCUT2D eigenvalue weighted by Crippen LogP contribution is 2.12. The Labute approximate surface area is 166 Å². The molecule has 0 aliphatic rings. The normalized spacial score (nSPS) is 10.2. The molecule has 2 rings (SSSR count). The van der Waals surface area contributed by atoms with E-state index in [4.69, 9.17) is 20.4 Å². The van der Waals surface area contributed by atoms with Gasteiger partial charge in [0.05, 0.1) is 11.1 Å². The van der Waals surface area contributed by atoms with E-state index in [1.807, 2.05) is 0 Å². The highest BCUT2D eigenvalue weighted by atomic mass is 19.4. The van der Waals surface area contributed by atoms with E-state index in [9.17, 15) is 31.5 Å². The summed E-state index contributed by atoms with van der Waals surface area (Å²) in [5, 5.41) is 33.5. The maximum atomic E-state index is 11.7. The van der Waals surface area contributed by atoms with Crippen LogP contribution in [0.15, 0.2) is 48.5 Å². The smallest absolute Gasteiger partial charge is 0.411 e. The number of hydrogen-bond donors (Lipinski definition) is 4. The number of hydrogen-bond acceptors (Lipinski definition) is 6. The van der Waals surface area contributed by atoms with Crippen molar-refractivity contribution in [3.63, 3.8) is 0 Å². The number of carboxylic acids is 1. The molecule has 0 saturated carbocycles. The first-order valence-electron chi connectivity index (χ1n) is 7.80. The van der Waals surface area contributed by atoms with Gasteiger partial charge >= 0.3 is 18.1 Å². The topological polar surface area (TPSA) is 124 Å². The number of aromatic carboxylic acids is 1. The predicted octanol–water partition coefficient (Wildman–Crippen LogP) is 3.45. The first-order valence-corrected chi connectivity index (χ1v) is 7.80. The van der Waals surface area contributed by atoms with Gasteiger partial charge in [-0.3, -0.25) is 0 Å².